The van der Waals surface area contributed by atoms with Crippen molar-refractivity contribution in [2.75, 3.05) is 13.2 Å². The molecule has 6 nitrogen and oxygen atoms in total. The average molecular weight is 225 g/mol. The minimum absolute atomic E-state index is 0.0110. The van der Waals surface area contributed by atoms with Crippen molar-refractivity contribution < 1.29 is 14.3 Å². The third kappa shape index (κ3) is 3.51. The predicted molar refractivity (Wildman–Crippen MR) is 55.2 cm³/mol. The molecule has 0 bridgehead atoms. The van der Waals surface area contributed by atoms with Crippen LogP contribution in [-0.2, 0) is 14.3 Å². The van der Waals surface area contributed by atoms with Gasteiger partial charge in [0.1, 0.15) is 6.54 Å². The maximum atomic E-state index is 11.2. The van der Waals surface area contributed by atoms with Gasteiger partial charge in [0, 0.05) is 12.6 Å². The number of carbonyl (C=O) groups excluding carboxylic acids is 2. The molecule has 1 aliphatic carbocycles. The Morgan fingerprint density at radius 2 is 2.12 bits per heavy atom. The second-order valence-corrected chi connectivity index (χ2v) is 3.56. The minimum Gasteiger partial charge on any atom is -0.378 e. The van der Waals surface area contributed by atoms with Crippen LogP contribution in [0, 0.1) is 11.3 Å². The summed E-state index contributed by atoms with van der Waals surface area (Å²) in [6, 6.07) is 1.74. The van der Waals surface area contributed by atoms with Crippen molar-refractivity contribution in [1.29, 1.82) is 5.26 Å². The zero-order valence-electron chi connectivity index (χ0n) is 9.16. The fraction of sp³-hybridized carbons (Fsp3) is 0.700. The van der Waals surface area contributed by atoms with Gasteiger partial charge in [-0.25, -0.2) is 0 Å². The van der Waals surface area contributed by atoms with E-state index < -0.39 is 11.8 Å². The first kappa shape index (κ1) is 12.5. The fourth-order valence-electron chi connectivity index (χ4n) is 1.51. The van der Waals surface area contributed by atoms with Crippen molar-refractivity contribution in [2.45, 2.75) is 31.9 Å². The summed E-state index contributed by atoms with van der Waals surface area (Å²) in [5, 5.41) is 13.0. The topological polar surface area (TPSA) is 91.2 Å². The van der Waals surface area contributed by atoms with Crippen molar-refractivity contribution in [3.8, 4) is 6.07 Å². The average Bonchev–Trinajstić information content (AvgIpc) is 2.22. The highest BCUT2D eigenvalue weighted by Gasteiger charge is 2.31. The van der Waals surface area contributed by atoms with Crippen LogP contribution in [0.4, 0.5) is 0 Å². The lowest BCUT2D eigenvalue weighted by molar-refractivity contribution is -0.140. The molecule has 16 heavy (non-hydrogen) atoms. The van der Waals surface area contributed by atoms with Gasteiger partial charge in [-0.2, -0.15) is 5.26 Å². The van der Waals surface area contributed by atoms with Gasteiger partial charge in [-0.05, 0) is 19.8 Å². The lowest BCUT2D eigenvalue weighted by atomic mass is 9.89. The predicted octanol–water partition coefficient (Wildman–Crippen LogP) is -0.690. The highest BCUT2D eigenvalue weighted by molar-refractivity contribution is 6.35. The smallest absolute Gasteiger partial charge is 0.310 e. The van der Waals surface area contributed by atoms with Gasteiger partial charge in [-0.15, -0.1) is 0 Å². The largest absolute Gasteiger partial charge is 0.378 e. The molecule has 2 amide bonds. The molecule has 0 unspecified atom stereocenters. The van der Waals surface area contributed by atoms with Gasteiger partial charge >= 0.3 is 11.8 Å². The molecule has 2 N–H and O–H groups in total. The van der Waals surface area contributed by atoms with E-state index in [1.54, 1.807) is 6.07 Å². The summed E-state index contributed by atoms with van der Waals surface area (Å²) in [4.78, 5) is 22.3. The zero-order chi connectivity index (χ0) is 12.0. The van der Waals surface area contributed by atoms with Crippen LogP contribution in [0.1, 0.15) is 19.8 Å². The van der Waals surface area contributed by atoms with E-state index in [4.69, 9.17) is 10.00 Å². The van der Waals surface area contributed by atoms with Crippen LogP contribution < -0.4 is 10.6 Å². The van der Waals surface area contributed by atoms with Crippen molar-refractivity contribution in [2.24, 2.45) is 0 Å². The lowest BCUT2D eigenvalue weighted by Crippen LogP contribution is -2.51. The number of ether oxygens (including phenoxy) is 1. The zero-order valence-corrected chi connectivity index (χ0v) is 9.16. The standard InChI is InChI=1S/C10H15N3O3/c1-2-16-8-5-7(6-8)13-10(15)9(14)12-4-3-11/h7-8H,2,4-6H2,1H3,(H,12,14)(H,13,15). The van der Waals surface area contributed by atoms with Crippen molar-refractivity contribution in [1.82, 2.24) is 10.6 Å². The molecular formula is C10H15N3O3. The molecule has 0 radical (unpaired) electrons. The molecule has 0 heterocycles. The van der Waals surface area contributed by atoms with Crippen LogP contribution in [0.2, 0.25) is 0 Å². The van der Waals surface area contributed by atoms with Gasteiger partial charge in [-0.1, -0.05) is 0 Å². The molecule has 88 valence electrons. The molecule has 0 saturated heterocycles. The van der Waals surface area contributed by atoms with Crippen LogP contribution in [0.15, 0.2) is 0 Å². The van der Waals surface area contributed by atoms with E-state index in [0.29, 0.717) is 6.61 Å². The van der Waals surface area contributed by atoms with Gasteiger partial charge in [0.25, 0.3) is 0 Å². The summed E-state index contributed by atoms with van der Waals surface area (Å²) in [5.41, 5.74) is 0. The Bertz CT molecular complexity index is 305. The molecule has 1 rings (SSSR count). The van der Waals surface area contributed by atoms with Gasteiger partial charge in [0.2, 0.25) is 0 Å². The van der Waals surface area contributed by atoms with E-state index in [1.165, 1.54) is 0 Å². The number of carbonyl (C=O) groups is 2. The van der Waals surface area contributed by atoms with E-state index in [9.17, 15) is 9.59 Å². The normalized spacial score (nSPS) is 22.8. The SMILES string of the molecule is CCOC1CC(NC(=O)C(=O)NCC#N)C1. The first-order chi connectivity index (χ1) is 7.67. The highest BCUT2D eigenvalue weighted by Crippen LogP contribution is 2.22. The molecule has 1 saturated carbocycles. The van der Waals surface area contributed by atoms with Crippen LogP contribution in [0.25, 0.3) is 0 Å². The second-order valence-electron chi connectivity index (χ2n) is 3.56. The summed E-state index contributed by atoms with van der Waals surface area (Å²) in [6.45, 7) is 2.42. The molecule has 6 heteroatoms. The lowest BCUT2D eigenvalue weighted by Gasteiger charge is -2.35. The molecule has 0 aromatic rings. The Morgan fingerprint density at radius 1 is 1.44 bits per heavy atom. The van der Waals surface area contributed by atoms with Crippen molar-refractivity contribution in [3.05, 3.63) is 0 Å². The van der Waals surface area contributed by atoms with E-state index in [0.717, 1.165) is 12.8 Å². The van der Waals surface area contributed by atoms with Crippen LogP contribution >= 0.6 is 0 Å². The van der Waals surface area contributed by atoms with Gasteiger partial charge in [-0.3, -0.25) is 9.59 Å². The number of amides is 2. The summed E-state index contributed by atoms with van der Waals surface area (Å²) in [7, 11) is 0. The van der Waals surface area contributed by atoms with Gasteiger partial charge in [0.15, 0.2) is 0 Å². The molecular weight excluding hydrogens is 210 g/mol. The molecule has 0 spiro atoms. The monoisotopic (exact) mass is 225 g/mol. The summed E-state index contributed by atoms with van der Waals surface area (Å²) < 4.78 is 5.32. The van der Waals surface area contributed by atoms with Crippen LogP contribution in [-0.4, -0.2) is 37.1 Å². The van der Waals surface area contributed by atoms with E-state index in [2.05, 4.69) is 10.6 Å². The Labute approximate surface area is 93.9 Å². The fourth-order valence-corrected chi connectivity index (χ4v) is 1.51. The van der Waals surface area contributed by atoms with E-state index >= 15 is 0 Å². The highest BCUT2D eigenvalue weighted by atomic mass is 16.5. The number of hydrogen-bond acceptors (Lipinski definition) is 4. The Kier molecular flexibility index (Phi) is 4.73. The number of hydrogen-bond donors (Lipinski definition) is 2. The number of rotatable bonds is 4. The number of nitrogens with one attached hydrogen (secondary N) is 2. The summed E-state index contributed by atoms with van der Waals surface area (Å²) in [6.07, 6.45) is 1.67. The first-order valence-electron chi connectivity index (χ1n) is 5.24. The molecule has 0 aromatic carbocycles. The van der Waals surface area contributed by atoms with Crippen LogP contribution in [0.3, 0.4) is 0 Å². The van der Waals surface area contributed by atoms with Crippen LogP contribution in [0.5, 0.6) is 0 Å². The summed E-state index contributed by atoms with van der Waals surface area (Å²) >= 11 is 0. The first-order valence-corrected chi connectivity index (χ1v) is 5.24. The molecule has 1 fully saturated rings. The Morgan fingerprint density at radius 3 is 2.69 bits per heavy atom. The Balaban J connectivity index is 2.17. The Hall–Kier alpha value is -1.61. The quantitative estimate of drug-likeness (QED) is 0.489. The maximum absolute atomic E-state index is 11.2. The molecule has 0 aromatic heterocycles. The van der Waals surface area contributed by atoms with Gasteiger partial charge < -0.3 is 15.4 Å². The third-order valence-corrected chi connectivity index (χ3v) is 2.37. The van der Waals surface area contributed by atoms with E-state index in [-0.39, 0.29) is 18.7 Å². The number of nitriles is 1. The maximum Gasteiger partial charge on any atom is 0.310 e. The summed E-state index contributed by atoms with van der Waals surface area (Å²) in [5.74, 6) is -1.45. The molecule has 0 aliphatic heterocycles. The minimum atomic E-state index is -0.763. The van der Waals surface area contributed by atoms with Crippen molar-refractivity contribution >= 4 is 11.8 Å². The van der Waals surface area contributed by atoms with Gasteiger partial charge in [0.05, 0.1) is 12.2 Å². The van der Waals surface area contributed by atoms with E-state index in [1.807, 2.05) is 6.92 Å². The second kappa shape index (κ2) is 6.08. The molecule has 1 aliphatic rings. The third-order valence-electron chi connectivity index (χ3n) is 2.37. The number of nitrogens with zero attached hydrogens (tertiary/aromatic N) is 1. The van der Waals surface area contributed by atoms with Crippen molar-refractivity contribution in [3.63, 3.8) is 0 Å². The molecule has 0 atom stereocenters.